The summed E-state index contributed by atoms with van der Waals surface area (Å²) < 4.78 is 10.1. The first-order valence-electron chi connectivity index (χ1n) is 5.25. The summed E-state index contributed by atoms with van der Waals surface area (Å²) in [4.78, 5) is 4.24. The lowest BCUT2D eigenvalue weighted by atomic mass is 10.1. The number of nitrogens with zero attached hydrogens (tertiary/aromatic N) is 1. The summed E-state index contributed by atoms with van der Waals surface area (Å²) in [5.41, 5.74) is 5.88. The van der Waals surface area contributed by atoms with Gasteiger partial charge in [-0.05, 0) is 19.3 Å². The zero-order valence-electron chi connectivity index (χ0n) is 9.69. The lowest BCUT2D eigenvalue weighted by Gasteiger charge is -2.12. The molecule has 3 N–H and O–H groups in total. The summed E-state index contributed by atoms with van der Waals surface area (Å²) in [7, 11) is 3.34. The third-order valence-electron chi connectivity index (χ3n) is 2.65. The minimum atomic E-state index is -0.173. The fraction of sp³-hybridized carbons (Fsp3) is 0.900. The van der Waals surface area contributed by atoms with Gasteiger partial charge in [0.05, 0.1) is 12.6 Å². The molecule has 1 saturated heterocycles. The Hall–Kier alpha value is -0.650. The molecule has 1 fully saturated rings. The van der Waals surface area contributed by atoms with Gasteiger partial charge in [-0.15, -0.1) is 0 Å². The van der Waals surface area contributed by atoms with Crippen LogP contribution in [-0.2, 0) is 9.47 Å². The normalized spacial score (nSPS) is 29.4. The van der Waals surface area contributed by atoms with Crippen LogP contribution in [0.3, 0.4) is 0 Å². The highest BCUT2D eigenvalue weighted by Gasteiger charge is 2.26. The maximum Gasteiger partial charge on any atom is 0.147 e. The van der Waals surface area contributed by atoms with Crippen LogP contribution in [0.2, 0.25) is 0 Å². The van der Waals surface area contributed by atoms with Crippen LogP contribution in [0.15, 0.2) is 4.99 Å². The maximum atomic E-state index is 5.88. The summed E-state index contributed by atoms with van der Waals surface area (Å²) in [5.74, 6) is 1.16. The molecule has 0 bridgehead atoms. The molecule has 0 radical (unpaired) electrons. The highest BCUT2D eigenvalue weighted by molar-refractivity contribution is 5.86. The first kappa shape index (κ1) is 12.4. The van der Waals surface area contributed by atoms with E-state index < -0.39 is 0 Å². The Morgan fingerprint density at radius 3 is 2.93 bits per heavy atom. The number of amidine groups is 1. The van der Waals surface area contributed by atoms with E-state index in [2.05, 4.69) is 10.3 Å². The van der Waals surface area contributed by atoms with Crippen LogP contribution in [0, 0.1) is 5.92 Å². The second kappa shape index (κ2) is 6.05. The van der Waals surface area contributed by atoms with Crippen molar-refractivity contribution in [3.63, 3.8) is 0 Å². The Bertz CT molecular complexity index is 221. The fourth-order valence-corrected chi connectivity index (χ4v) is 1.75. The highest BCUT2D eigenvalue weighted by atomic mass is 16.5. The average Bonchev–Trinajstić information content (AvgIpc) is 2.67. The molecule has 0 spiro atoms. The molecule has 5 nitrogen and oxygen atoms in total. The van der Waals surface area contributed by atoms with Crippen LogP contribution < -0.4 is 11.1 Å². The van der Waals surface area contributed by atoms with E-state index in [9.17, 15) is 0 Å². The number of hydrogen-bond donors (Lipinski definition) is 2. The zero-order chi connectivity index (χ0) is 11.3. The van der Waals surface area contributed by atoms with Crippen molar-refractivity contribution in [3.8, 4) is 0 Å². The van der Waals surface area contributed by atoms with Crippen molar-refractivity contribution in [1.29, 1.82) is 0 Å². The molecule has 0 aliphatic carbocycles. The van der Waals surface area contributed by atoms with E-state index in [1.54, 1.807) is 14.2 Å². The van der Waals surface area contributed by atoms with Gasteiger partial charge in [0, 0.05) is 20.8 Å². The molecule has 1 unspecified atom stereocenters. The molecule has 88 valence electrons. The lowest BCUT2D eigenvalue weighted by molar-refractivity contribution is 0.126. The molecule has 0 aromatic heterocycles. The quantitative estimate of drug-likeness (QED) is 0.499. The van der Waals surface area contributed by atoms with Crippen molar-refractivity contribution in [3.05, 3.63) is 0 Å². The van der Waals surface area contributed by atoms with Gasteiger partial charge >= 0.3 is 0 Å². The van der Waals surface area contributed by atoms with Gasteiger partial charge in [0.25, 0.3) is 0 Å². The van der Waals surface area contributed by atoms with Crippen LogP contribution in [0.5, 0.6) is 0 Å². The molecule has 3 atom stereocenters. The first-order chi connectivity index (χ1) is 7.17. The van der Waals surface area contributed by atoms with Crippen molar-refractivity contribution in [2.45, 2.75) is 25.6 Å². The zero-order valence-corrected chi connectivity index (χ0v) is 9.69. The SMILES string of the molecule is COC[C@@H]1CN[C@H](/C(N)=N/C(C)OC)C1. The number of nitrogens with two attached hydrogens (primary N) is 1. The summed E-state index contributed by atoms with van der Waals surface area (Å²) >= 11 is 0. The largest absolute Gasteiger partial charge is 0.386 e. The summed E-state index contributed by atoms with van der Waals surface area (Å²) in [6.45, 7) is 3.58. The number of rotatable bonds is 5. The molecule has 0 saturated carbocycles. The van der Waals surface area contributed by atoms with Crippen LogP contribution in [-0.4, -0.2) is 45.5 Å². The van der Waals surface area contributed by atoms with Crippen molar-refractivity contribution in [2.75, 3.05) is 27.4 Å². The molecule has 5 heteroatoms. The molecule has 15 heavy (non-hydrogen) atoms. The van der Waals surface area contributed by atoms with Crippen LogP contribution in [0.4, 0.5) is 0 Å². The van der Waals surface area contributed by atoms with Gasteiger partial charge in [0.2, 0.25) is 0 Å². The van der Waals surface area contributed by atoms with E-state index in [0.29, 0.717) is 11.8 Å². The molecular formula is C10H21N3O2. The predicted molar refractivity (Wildman–Crippen MR) is 59.9 cm³/mol. The van der Waals surface area contributed by atoms with E-state index in [4.69, 9.17) is 15.2 Å². The third kappa shape index (κ3) is 3.77. The third-order valence-corrected chi connectivity index (χ3v) is 2.65. The van der Waals surface area contributed by atoms with Gasteiger partial charge in [-0.1, -0.05) is 0 Å². The molecular weight excluding hydrogens is 194 g/mol. The van der Waals surface area contributed by atoms with Crippen molar-refractivity contribution < 1.29 is 9.47 Å². The second-order valence-corrected chi connectivity index (χ2v) is 3.91. The van der Waals surface area contributed by atoms with E-state index in [0.717, 1.165) is 19.6 Å². The van der Waals surface area contributed by atoms with Gasteiger partial charge in [-0.2, -0.15) is 0 Å². The summed E-state index contributed by atoms with van der Waals surface area (Å²) in [6, 6.07) is 0.169. The van der Waals surface area contributed by atoms with Crippen molar-refractivity contribution >= 4 is 5.84 Å². The number of nitrogens with one attached hydrogen (secondary N) is 1. The second-order valence-electron chi connectivity index (χ2n) is 3.91. The van der Waals surface area contributed by atoms with Crippen LogP contribution in [0.1, 0.15) is 13.3 Å². The molecule has 1 aliphatic heterocycles. The molecule has 1 aliphatic rings. The van der Waals surface area contributed by atoms with E-state index >= 15 is 0 Å². The van der Waals surface area contributed by atoms with Crippen LogP contribution in [0.25, 0.3) is 0 Å². The number of ether oxygens (including phenoxy) is 2. The Labute approximate surface area is 91.0 Å². The molecule has 1 rings (SSSR count). The van der Waals surface area contributed by atoms with E-state index in [1.807, 2.05) is 6.92 Å². The Kier molecular flexibility index (Phi) is 5.01. The van der Waals surface area contributed by atoms with Gasteiger partial charge in [0.15, 0.2) is 0 Å². The minimum absolute atomic E-state index is 0.169. The van der Waals surface area contributed by atoms with Crippen molar-refractivity contribution in [1.82, 2.24) is 5.32 Å². The Morgan fingerprint density at radius 2 is 2.33 bits per heavy atom. The molecule has 0 amide bonds. The maximum absolute atomic E-state index is 5.88. The van der Waals surface area contributed by atoms with Gasteiger partial charge < -0.3 is 20.5 Å². The Morgan fingerprint density at radius 1 is 1.60 bits per heavy atom. The minimum Gasteiger partial charge on any atom is -0.386 e. The first-order valence-corrected chi connectivity index (χ1v) is 5.25. The Balaban J connectivity index is 2.42. The number of methoxy groups -OCH3 is 2. The topological polar surface area (TPSA) is 68.9 Å². The molecule has 0 aromatic rings. The van der Waals surface area contributed by atoms with E-state index in [-0.39, 0.29) is 12.3 Å². The lowest BCUT2D eigenvalue weighted by Crippen LogP contribution is -2.37. The summed E-state index contributed by atoms with van der Waals surface area (Å²) in [6.07, 6.45) is 0.813. The predicted octanol–water partition coefficient (Wildman–Crippen LogP) is -0.0395. The molecule has 0 aromatic carbocycles. The average molecular weight is 215 g/mol. The van der Waals surface area contributed by atoms with Gasteiger partial charge in [0.1, 0.15) is 12.1 Å². The fourth-order valence-electron chi connectivity index (χ4n) is 1.75. The van der Waals surface area contributed by atoms with Gasteiger partial charge in [-0.25, -0.2) is 4.99 Å². The monoisotopic (exact) mass is 215 g/mol. The van der Waals surface area contributed by atoms with Crippen molar-refractivity contribution in [2.24, 2.45) is 16.6 Å². The number of hydrogen-bond acceptors (Lipinski definition) is 4. The molecule has 1 heterocycles. The highest BCUT2D eigenvalue weighted by Crippen LogP contribution is 2.14. The standard InChI is InChI=1S/C10H21N3O2/c1-7(15-3)13-10(11)9-4-8(5-12-9)6-14-2/h7-9,12H,4-6H2,1-3H3,(H2,11,13)/t7?,8-,9-/m0/s1. The summed E-state index contributed by atoms with van der Waals surface area (Å²) in [5, 5.41) is 3.33. The number of aliphatic imine (C=N–C) groups is 1. The van der Waals surface area contributed by atoms with Crippen LogP contribution >= 0.6 is 0 Å². The van der Waals surface area contributed by atoms with E-state index in [1.165, 1.54) is 0 Å². The van der Waals surface area contributed by atoms with Gasteiger partial charge in [-0.3, -0.25) is 0 Å². The smallest absolute Gasteiger partial charge is 0.147 e.